The Morgan fingerprint density at radius 3 is 3.00 bits per heavy atom. The Morgan fingerprint density at radius 2 is 2.26 bits per heavy atom. The van der Waals surface area contributed by atoms with Gasteiger partial charge in [0.2, 0.25) is 0 Å². The molecule has 0 spiro atoms. The molecule has 0 amide bonds. The van der Waals surface area contributed by atoms with Crippen LogP contribution in [0.25, 0.3) is 11.3 Å². The van der Waals surface area contributed by atoms with Gasteiger partial charge < -0.3 is 10.1 Å². The topological polar surface area (TPSA) is 34.1 Å². The summed E-state index contributed by atoms with van der Waals surface area (Å²) in [6.45, 7) is 2.19. The molecule has 0 aliphatic carbocycles. The van der Waals surface area contributed by atoms with E-state index in [1.165, 1.54) is 23.5 Å². The number of hydrogen-bond donors (Lipinski definition) is 1. The number of halogens is 2. The predicted molar refractivity (Wildman–Crippen MR) is 69.0 cm³/mol. The highest BCUT2D eigenvalue weighted by molar-refractivity contribution is 7.10. The first-order valence-electron chi connectivity index (χ1n) is 5.97. The highest BCUT2D eigenvalue weighted by Gasteiger charge is 2.20. The molecule has 3 nitrogen and oxygen atoms in total. The van der Waals surface area contributed by atoms with Gasteiger partial charge in [0.05, 0.1) is 12.3 Å². The van der Waals surface area contributed by atoms with E-state index >= 15 is 0 Å². The van der Waals surface area contributed by atoms with Crippen LogP contribution in [0.4, 0.5) is 8.78 Å². The van der Waals surface area contributed by atoms with Crippen LogP contribution in [0.5, 0.6) is 0 Å². The molecule has 19 heavy (non-hydrogen) atoms. The van der Waals surface area contributed by atoms with Crippen molar-refractivity contribution < 1.29 is 13.5 Å². The zero-order chi connectivity index (χ0) is 13.2. The Bertz CT molecular complexity index is 582. The number of aromatic nitrogens is 1. The van der Waals surface area contributed by atoms with Crippen LogP contribution in [0.2, 0.25) is 0 Å². The monoisotopic (exact) mass is 282 g/mol. The lowest BCUT2D eigenvalue weighted by Crippen LogP contribution is -2.33. The maximum absolute atomic E-state index is 13.7. The Kier molecular flexibility index (Phi) is 3.54. The molecule has 0 bridgehead atoms. The number of nitrogens with zero attached hydrogens (tertiary/aromatic N) is 1. The predicted octanol–water partition coefficient (Wildman–Crippen LogP) is 2.75. The summed E-state index contributed by atoms with van der Waals surface area (Å²) in [5.74, 6) is -1.18. The van der Waals surface area contributed by atoms with Crippen molar-refractivity contribution in [3.63, 3.8) is 0 Å². The van der Waals surface area contributed by atoms with Gasteiger partial charge in [-0.25, -0.2) is 13.8 Å². The van der Waals surface area contributed by atoms with Crippen LogP contribution in [0.1, 0.15) is 11.1 Å². The van der Waals surface area contributed by atoms with Crippen LogP contribution in [0.15, 0.2) is 23.6 Å². The molecule has 1 N–H and O–H groups in total. The Hall–Kier alpha value is -1.37. The standard InChI is InChI=1S/C13H12F2N2OS/c14-8-1-2-9(10(15)5-8)11-7-19-13(17-11)12-6-16-3-4-18-12/h1-2,5,7,12,16H,3-4,6H2. The SMILES string of the molecule is Fc1ccc(-c2csc(C3CNCCO3)n2)c(F)c1. The first-order valence-corrected chi connectivity index (χ1v) is 6.85. The molecule has 1 aromatic heterocycles. The fourth-order valence-corrected chi connectivity index (χ4v) is 2.85. The van der Waals surface area contributed by atoms with Crippen molar-refractivity contribution in [2.24, 2.45) is 0 Å². The molecule has 1 aromatic carbocycles. The largest absolute Gasteiger partial charge is 0.368 e. The second kappa shape index (κ2) is 5.32. The first-order chi connectivity index (χ1) is 9.24. The number of benzene rings is 1. The molecule has 1 atom stereocenters. The molecular weight excluding hydrogens is 270 g/mol. The zero-order valence-electron chi connectivity index (χ0n) is 10.0. The molecule has 1 unspecified atom stereocenters. The highest BCUT2D eigenvalue weighted by Crippen LogP contribution is 2.29. The van der Waals surface area contributed by atoms with E-state index in [2.05, 4.69) is 10.3 Å². The summed E-state index contributed by atoms with van der Waals surface area (Å²) >= 11 is 1.43. The van der Waals surface area contributed by atoms with Gasteiger partial charge in [0, 0.05) is 30.1 Å². The van der Waals surface area contributed by atoms with Crippen molar-refractivity contribution in [3.8, 4) is 11.3 Å². The minimum absolute atomic E-state index is 0.0870. The maximum Gasteiger partial charge on any atom is 0.135 e. The maximum atomic E-state index is 13.7. The Balaban J connectivity index is 1.87. The summed E-state index contributed by atoms with van der Waals surface area (Å²) in [6, 6.07) is 3.51. The van der Waals surface area contributed by atoms with E-state index in [1.54, 1.807) is 5.38 Å². The van der Waals surface area contributed by atoms with E-state index in [9.17, 15) is 8.78 Å². The van der Waals surface area contributed by atoms with Crippen LogP contribution in [-0.4, -0.2) is 24.7 Å². The Labute approximate surface area is 113 Å². The Morgan fingerprint density at radius 1 is 1.37 bits per heavy atom. The van der Waals surface area contributed by atoms with Crippen LogP contribution >= 0.6 is 11.3 Å². The minimum Gasteiger partial charge on any atom is -0.368 e. The van der Waals surface area contributed by atoms with E-state index < -0.39 is 11.6 Å². The zero-order valence-corrected chi connectivity index (χ0v) is 10.8. The number of ether oxygens (including phenoxy) is 1. The number of hydrogen-bond acceptors (Lipinski definition) is 4. The van der Waals surface area contributed by atoms with Crippen molar-refractivity contribution in [2.75, 3.05) is 19.7 Å². The molecule has 1 aliphatic heterocycles. The van der Waals surface area contributed by atoms with Crippen molar-refractivity contribution in [3.05, 3.63) is 40.2 Å². The molecule has 6 heteroatoms. The van der Waals surface area contributed by atoms with Gasteiger partial charge in [0.15, 0.2) is 0 Å². The van der Waals surface area contributed by atoms with Gasteiger partial charge >= 0.3 is 0 Å². The van der Waals surface area contributed by atoms with Gasteiger partial charge in [0.1, 0.15) is 22.7 Å². The first kappa shape index (κ1) is 12.7. The summed E-state index contributed by atoms with van der Waals surface area (Å²) in [4.78, 5) is 4.39. The molecule has 1 saturated heterocycles. The lowest BCUT2D eigenvalue weighted by Gasteiger charge is -2.21. The third-order valence-electron chi connectivity index (χ3n) is 2.93. The van der Waals surface area contributed by atoms with Crippen LogP contribution in [0, 0.1) is 11.6 Å². The molecule has 0 saturated carbocycles. The van der Waals surface area contributed by atoms with Gasteiger partial charge in [-0.05, 0) is 12.1 Å². The molecule has 1 aliphatic rings. The van der Waals surface area contributed by atoms with Crippen LogP contribution in [-0.2, 0) is 4.74 Å². The normalized spacial score (nSPS) is 19.6. The van der Waals surface area contributed by atoms with Gasteiger partial charge in [-0.3, -0.25) is 0 Å². The van der Waals surface area contributed by atoms with Gasteiger partial charge in [0.25, 0.3) is 0 Å². The lowest BCUT2D eigenvalue weighted by atomic mass is 10.1. The molecule has 3 rings (SSSR count). The third kappa shape index (κ3) is 2.65. The second-order valence-electron chi connectivity index (χ2n) is 4.26. The van der Waals surface area contributed by atoms with Gasteiger partial charge in [-0.2, -0.15) is 0 Å². The van der Waals surface area contributed by atoms with E-state index in [4.69, 9.17) is 4.74 Å². The smallest absolute Gasteiger partial charge is 0.135 e. The quantitative estimate of drug-likeness (QED) is 0.919. The van der Waals surface area contributed by atoms with Crippen LogP contribution < -0.4 is 5.32 Å². The molecule has 1 fully saturated rings. The fraction of sp³-hybridized carbons (Fsp3) is 0.308. The number of morpholine rings is 1. The van der Waals surface area contributed by atoms with Crippen molar-refractivity contribution in [2.45, 2.75) is 6.10 Å². The van der Waals surface area contributed by atoms with Crippen molar-refractivity contribution >= 4 is 11.3 Å². The summed E-state index contributed by atoms with van der Waals surface area (Å²) in [5, 5.41) is 5.80. The van der Waals surface area contributed by atoms with Gasteiger partial charge in [-0.15, -0.1) is 11.3 Å². The van der Waals surface area contributed by atoms with Crippen molar-refractivity contribution in [1.82, 2.24) is 10.3 Å². The van der Waals surface area contributed by atoms with E-state index in [0.29, 0.717) is 24.4 Å². The highest BCUT2D eigenvalue weighted by atomic mass is 32.1. The lowest BCUT2D eigenvalue weighted by molar-refractivity contribution is 0.0276. The average molecular weight is 282 g/mol. The summed E-state index contributed by atoms with van der Waals surface area (Å²) in [7, 11) is 0. The molecular formula is C13H12F2N2OS. The molecule has 2 aromatic rings. The number of rotatable bonds is 2. The fourth-order valence-electron chi connectivity index (χ4n) is 1.98. The van der Waals surface area contributed by atoms with Crippen LogP contribution in [0.3, 0.4) is 0 Å². The van der Waals surface area contributed by atoms with E-state index in [0.717, 1.165) is 17.6 Å². The second-order valence-corrected chi connectivity index (χ2v) is 5.15. The summed E-state index contributed by atoms with van der Waals surface area (Å²) in [6.07, 6.45) is -0.0870. The minimum atomic E-state index is -0.598. The summed E-state index contributed by atoms with van der Waals surface area (Å²) in [5.41, 5.74) is 0.833. The average Bonchev–Trinajstić information content (AvgIpc) is 2.89. The summed E-state index contributed by atoms with van der Waals surface area (Å²) < 4.78 is 32.1. The van der Waals surface area contributed by atoms with Gasteiger partial charge in [-0.1, -0.05) is 0 Å². The van der Waals surface area contributed by atoms with E-state index in [-0.39, 0.29) is 6.10 Å². The van der Waals surface area contributed by atoms with Crippen molar-refractivity contribution in [1.29, 1.82) is 0 Å². The number of thiazole rings is 1. The van der Waals surface area contributed by atoms with E-state index in [1.807, 2.05) is 0 Å². The molecule has 2 heterocycles. The molecule has 0 radical (unpaired) electrons. The third-order valence-corrected chi connectivity index (χ3v) is 3.87. The molecule has 100 valence electrons. The number of nitrogens with one attached hydrogen (secondary N) is 1.